The lowest BCUT2D eigenvalue weighted by molar-refractivity contribution is 0.586. The topological polar surface area (TPSA) is 58.2 Å². The smallest absolute Gasteiger partial charge is 0.270 e. The number of anilines is 1. The van der Waals surface area contributed by atoms with E-state index < -0.39 is 10.2 Å². The van der Waals surface area contributed by atoms with Gasteiger partial charge in [-0.2, -0.15) is 13.1 Å². The fraction of sp³-hybridized carbons (Fsp3) is 0.333. The molecule has 90 valence electrons. The van der Waals surface area contributed by atoms with Crippen LogP contribution in [0.25, 0.3) is 0 Å². The van der Waals surface area contributed by atoms with Crippen LogP contribution in [0.1, 0.15) is 13.3 Å². The summed E-state index contributed by atoms with van der Waals surface area (Å²) >= 11 is 8.01. The largest absolute Gasteiger partial charge is 0.299 e. The van der Waals surface area contributed by atoms with Crippen LogP contribution in [0.4, 0.5) is 5.69 Å². The molecule has 0 spiro atoms. The molecule has 16 heavy (non-hydrogen) atoms. The first-order valence-corrected chi connectivity index (χ1v) is 7.61. The van der Waals surface area contributed by atoms with Crippen LogP contribution in [-0.2, 0) is 10.2 Å². The van der Waals surface area contributed by atoms with Gasteiger partial charge in [0.2, 0.25) is 0 Å². The molecule has 0 aliphatic carbocycles. The first-order chi connectivity index (χ1) is 7.44. The number of nitrogens with one attached hydrogen (secondary N) is 2. The van der Waals surface area contributed by atoms with Crippen molar-refractivity contribution in [3.8, 4) is 0 Å². The van der Waals surface area contributed by atoms with Crippen molar-refractivity contribution in [2.24, 2.45) is 0 Å². The van der Waals surface area contributed by atoms with E-state index in [9.17, 15) is 8.42 Å². The monoisotopic (exact) mass is 374 g/mol. The lowest BCUT2D eigenvalue weighted by Gasteiger charge is -2.10. The summed E-state index contributed by atoms with van der Waals surface area (Å²) in [6, 6.07) is 5.11. The first kappa shape index (κ1) is 14.0. The number of rotatable bonds is 5. The lowest BCUT2D eigenvalue weighted by Crippen LogP contribution is -2.30. The average molecular weight is 375 g/mol. The van der Waals surface area contributed by atoms with Crippen LogP contribution in [0, 0.1) is 3.57 Å². The number of hydrogen-bond donors (Lipinski definition) is 2. The van der Waals surface area contributed by atoms with E-state index in [1.807, 2.05) is 6.92 Å². The molecule has 0 saturated carbocycles. The van der Waals surface area contributed by atoms with Gasteiger partial charge < -0.3 is 0 Å². The third kappa shape index (κ3) is 4.44. The Morgan fingerprint density at radius 1 is 1.44 bits per heavy atom. The second-order valence-corrected chi connectivity index (χ2v) is 6.28. The summed E-state index contributed by atoms with van der Waals surface area (Å²) in [7, 11) is -3.52. The summed E-state index contributed by atoms with van der Waals surface area (Å²) in [6.07, 6.45) is 0.737. The molecule has 1 rings (SSSR count). The molecule has 0 amide bonds. The van der Waals surface area contributed by atoms with Crippen molar-refractivity contribution in [3.05, 3.63) is 26.8 Å². The summed E-state index contributed by atoms with van der Waals surface area (Å²) in [5.74, 6) is 0. The van der Waals surface area contributed by atoms with E-state index in [0.29, 0.717) is 17.3 Å². The van der Waals surface area contributed by atoms with Crippen molar-refractivity contribution in [1.82, 2.24) is 4.72 Å². The van der Waals surface area contributed by atoms with E-state index in [0.717, 1.165) is 9.99 Å². The van der Waals surface area contributed by atoms with Gasteiger partial charge in [-0.05, 0) is 47.2 Å². The fourth-order valence-corrected chi connectivity index (χ4v) is 2.96. The van der Waals surface area contributed by atoms with Gasteiger partial charge in [-0.3, -0.25) is 4.72 Å². The number of halogens is 2. The molecule has 0 aliphatic rings. The molecule has 2 N–H and O–H groups in total. The Balaban J connectivity index is 2.80. The third-order valence-electron chi connectivity index (χ3n) is 1.72. The minimum atomic E-state index is -3.52. The fourth-order valence-electron chi connectivity index (χ4n) is 0.990. The normalized spacial score (nSPS) is 11.4. The number of hydrogen-bond acceptors (Lipinski definition) is 2. The van der Waals surface area contributed by atoms with Crippen molar-refractivity contribution in [2.45, 2.75) is 13.3 Å². The van der Waals surface area contributed by atoms with Gasteiger partial charge in [0, 0.05) is 10.1 Å². The van der Waals surface area contributed by atoms with Gasteiger partial charge in [0.15, 0.2) is 0 Å². The molecule has 0 saturated heterocycles. The maximum Gasteiger partial charge on any atom is 0.299 e. The van der Waals surface area contributed by atoms with Crippen LogP contribution in [0.2, 0.25) is 5.02 Å². The van der Waals surface area contributed by atoms with Crippen LogP contribution in [0.15, 0.2) is 18.2 Å². The molecular weight excluding hydrogens is 363 g/mol. The van der Waals surface area contributed by atoms with E-state index in [1.54, 1.807) is 18.2 Å². The van der Waals surface area contributed by atoms with Gasteiger partial charge in [0.05, 0.1) is 10.7 Å². The van der Waals surface area contributed by atoms with E-state index >= 15 is 0 Å². The Morgan fingerprint density at radius 3 is 2.69 bits per heavy atom. The van der Waals surface area contributed by atoms with Gasteiger partial charge in [-0.15, -0.1) is 0 Å². The predicted octanol–water partition coefficient (Wildman–Crippen LogP) is 2.60. The van der Waals surface area contributed by atoms with Crippen LogP contribution in [0.5, 0.6) is 0 Å². The van der Waals surface area contributed by atoms with E-state index in [-0.39, 0.29) is 0 Å². The van der Waals surface area contributed by atoms with Crippen LogP contribution >= 0.6 is 34.2 Å². The zero-order valence-electron chi connectivity index (χ0n) is 8.63. The van der Waals surface area contributed by atoms with Gasteiger partial charge >= 0.3 is 0 Å². The van der Waals surface area contributed by atoms with Crippen LogP contribution in [0.3, 0.4) is 0 Å². The van der Waals surface area contributed by atoms with Crippen molar-refractivity contribution in [2.75, 3.05) is 11.3 Å². The Hall–Kier alpha value is -0.0500. The first-order valence-electron chi connectivity index (χ1n) is 4.67. The maximum atomic E-state index is 11.5. The molecule has 0 heterocycles. The molecule has 1 aromatic rings. The van der Waals surface area contributed by atoms with Crippen molar-refractivity contribution in [1.29, 1.82) is 0 Å². The highest BCUT2D eigenvalue weighted by molar-refractivity contribution is 14.1. The highest BCUT2D eigenvalue weighted by atomic mass is 127. The minimum absolute atomic E-state index is 0.380. The second kappa shape index (κ2) is 6.04. The maximum absolute atomic E-state index is 11.5. The second-order valence-electron chi connectivity index (χ2n) is 3.12. The standard InChI is InChI=1S/C9H12ClIN2O2S/c1-2-5-12-16(14,15)13-9-4-3-7(11)6-8(9)10/h3-4,6,12-13H,2,5H2,1H3. The Labute approximate surface area is 114 Å². The summed E-state index contributed by atoms with van der Waals surface area (Å²) in [6.45, 7) is 2.29. The van der Waals surface area contributed by atoms with E-state index in [1.165, 1.54) is 0 Å². The van der Waals surface area contributed by atoms with Gasteiger partial charge in [0.1, 0.15) is 0 Å². The molecule has 0 unspecified atom stereocenters. The molecule has 0 radical (unpaired) electrons. The molecule has 7 heteroatoms. The summed E-state index contributed by atoms with van der Waals surface area (Å²) in [5, 5.41) is 0.383. The summed E-state index contributed by atoms with van der Waals surface area (Å²) < 4.78 is 28.8. The third-order valence-corrected chi connectivity index (χ3v) is 3.77. The quantitative estimate of drug-likeness (QED) is 0.778. The highest BCUT2D eigenvalue weighted by Gasteiger charge is 2.10. The molecular formula is C9H12ClIN2O2S. The Bertz CT molecular complexity index is 465. The van der Waals surface area contributed by atoms with E-state index in [2.05, 4.69) is 32.0 Å². The Morgan fingerprint density at radius 2 is 2.12 bits per heavy atom. The molecule has 0 atom stereocenters. The zero-order chi connectivity index (χ0) is 12.2. The Kier molecular flexibility index (Phi) is 5.29. The summed E-state index contributed by atoms with van der Waals surface area (Å²) in [4.78, 5) is 0. The summed E-state index contributed by atoms with van der Waals surface area (Å²) in [5.41, 5.74) is 0.380. The molecule has 0 aliphatic heterocycles. The van der Waals surface area contributed by atoms with Crippen molar-refractivity contribution < 1.29 is 8.42 Å². The highest BCUT2D eigenvalue weighted by Crippen LogP contribution is 2.24. The number of benzene rings is 1. The van der Waals surface area contributed by atoms with Crippen molar-refractivity contribution in [3.63, 3.8) is 0 Å². The zero-order valence-corrected chi connectivity index (χ0v) is 12.4. The predicted molar refractivity (Wildman–Crippen MR) is 75.0 cm³/mol. The van der Waals surface area contributed by atoms with Crippen LogP contribution in [-0.4, -0.2) is 15.0 Å². The molecule has 0 bridgehead atoms. The lowest BCUT2D eigenvalue weighted by atomic mass is 10.3. The van der Waals surface area contributed by atoms with Crippen LogP contribution < -0.4 is 9.44 Å². The minimum Gasteiger partial charge on any atom is -0.270 e. The SMILES string of the molecule is CCCNS(=O)(=O)Nc1ccc(I)cc1Cl. The molecule has 4 nitrogen and oxygen atoms in total. The molecule has 1 aromatic carbocycles. The molecule has 0 fully saturated rings. The van der Waals surface area contributed by atoms with Gasteiger partial charge in [0.25, 0.3) is 10.2 Å². The van der Waals surface area contributed by atoms with Gasteiger partial charge in [-0.25, -0.2) is 0 Å². The average Bonchev–Trinajstić information content (AvgIpc) is 2.19. The van der Waals surface area contributed by atoms with Crippen molar-refractivity contribution >= 4 is 50.1 Å². The van der Waals surface area contributed by atoms with Gasteiger partial charge in [-0.1, -0.05) is 18.5 Å². The molecule has 0 aromatic heterocycles. The van der Waals surface area contributed by atoms with E-state index in [4.69, 9.17) is 11.6 Å².